The molecule has 0 saturated heterocycles. The van der Waals surface area contributed by atoms with Crippen LogP contribution in [0, 0.1) is 0 Å². The number of hydrogen-bond donors (Lipinski definition) is 1. The minimum absolute atomic E-state index is 0. The number of esters is 1. The molecule has 0 aromatic rings. The maximum atomic E-state index is 10.7. The number of carboxylic acid groups (broad SMARTS) is 1. The average molecular weight is 209 g/mol. The van der Waals surface area contributed by atoms with E-state index in [1.54, 1.807) is 0 Å². The molecule has 1 N–H and O–H groups in total. The highest BCUT2D eigenvalue weighted by atomic mass is 16.6. The molecule has 14 heavy (non-hydrogen) atoms. The Hall–Kier alpha value is -1.43. The van der Waals surface area contributed by atoms with E-state index in [0.717, 1.165) is 6.92 Å². The van der Waals surface area contributed by atoms with Gasteiger partial charge in [0.1, 0.15) is 6.61 Å². The van der Waals surface area contributed by atoms with Crippen LogP contribution in [0.15, 0.2) is 0 Å². The maximum Gasteiger partial charge on any atom is 0.352 e. The predicted octanol–water partition coefficient (Wildman–Crippen LogP) is 0.100. The lowest BCUT2D eigenvalue weighted by atomic mass is 10.2. The zero-order valence-corrected chi connectivity index (χ0v) is 7.27. The molecule has 0 amide bonds. The van der Waals surface area contributed by atoms with Crippen molar-refractivity contribution in [3.05, 3.63) is 0 Å². The lowest BCUT2D eigenvalue weighted by Gasteiger charge is -2.09. The van der Waals surface area contributed by atoms with Crippen molar-refractivity contribution in [3.63, 3.8) is 0 Å². The second-order valence-electron chi connectivity index (χ2n) is 2.25. The van der Waals surface area contributed by atoms with E-state index in [-0.39, 0.29) is 15.5 Å². The zero-order chi connectivity index (χ0) is 10.4. The number of carboxylic acids is 1. The van der Waals surface area contributed by atoms with Gasteiger partial charge in [-0.25, -0.2) is 9.59 Å². The molecule has 1 atom stereocenters. The van der Waals surface area contributed by atoms with Gasteiger partial charge in [0.15, 0.2) is 5.78 Å². The van der Waals surface area contributed by atoms with Crippen molar-refractivity contribution in [2.24, 2.45) is 0 Å². The van der Waals surface area contributed by atoms with Crippen LogP contribution in [-0.2, 0) is 23.9 Å². The summed E-state index contributed by atoms with van der Waals surface area (Å²) in [6, 6.07) is 0. The third-order valence-corrected chi connectivity index (χ3v) is 1.11. The lowest BCUT2D eigenvalue weighted by molar-refractivity contribution is -0.169. The molecule has 6 nitrogen and oxygen atoms in total. The first-order chi connectivity index (χ1) is 5.99. The largest absolute Gasteiger partial charge is 0.478 e. The number of carbonyl (C=O) groups excluding carboxylic acids is 2. The minimum atomic E-state index is -1.73. The van der Waals surface area contributed by atoms with E-state index >= 15 is 0 Å². The summed E-state index contributed by atoms with van der Waals surface area (Å²) in [5.41, 5.74) is 0. The molecule has 0 fully saturated rings. The number of aliphatic carboxylic acids is 1. The van der Waals surface area contributed by atoms with Gasteiger partial charge in [-0.2, -0.15) is 0 Å². The summed E-state index contributed by atoms with van der Waals surface area (Å²) in [4.78, 5) is 31.7. The Balaban J connectivity index is -0.000000720. The highest BCUT2D eigenvalue weighted by Crippen LogP contribution is 1.95. The molecular weight excluding hydrogens is 192 g/mol. The van der Waals surface area contributed by atoms with Crippen LogP contribution in [0.5, 0.6) is 0 Å². The fraction of sp³-hybridized carbons (Fsp3) is 0.625. The zero-order valence-electron chi connectivity index (χ0n) is 7.27. The van der Waals surface area contributed by atoms with Crippen LogP contribution >= 0.6 is 0 Å². The van der Waals surface area contributed by atoms with Crippen LogP contribution in [0.1, 0.15) is 15.8 Å². The Morgan fingerprint density at radius 2 is 1.93 bits per heavy atom. The van der Waals surface area contributed by atoms with E-state index < -0.39 is 23.8 Å². The molecule has 1 unspecified atom stereocenters. The third kappa shape index (κ3) is 5.26. The summed E-state index contributed by atoms with van der Waals surface area (Å²) < 4.78 is 8.69. The van der Waals surface area contributed by atoms with Crippen molar-refractivity contribution in [1.82, 2.24) is 0 Å². The van der Waals surface area contributed by atoms with E-state index in [1.807, 2.05) is 0 Å². The molecular formula is C8H16O6. The number of methoxy groups -OCH3 is 1. The standard InChI is InChI=1S/C7H10O6.CH4.H2/c1-4(8)6(7(10)11)13-5(9)3-12-2;;/h6H,3H2,1-2H3,(H,10,11);1H4;1H/i;;1+1. The molecule has 0 bridgehead atoms. The van der Waals surface area contributed by atoms with Crippen molar-refractivity contribution < 1.29 is 30.4 Å². The van der Waals surface area contributed by atoms with E-state index in [4.69, 9.17) is 5.11 Å². The van der Waals surface area contributed by atoms with Crippen molar-refractivity contribution in [3.8, 4) is 0 Å². The van der Waals surface area contributed by atoms with Crippen LogP contribution in [0.2, 0.25) is 0 Å². The normalized spacial score (nSPS) is 11.0. The quantitative estimate of drug-likeness (QED) is 0.510. The summed E-state index contributed by atoms with van der Waals surface area (Å²) in [5.74, 6) is -3.11. The van der Waals surface area contributed by atoms with Crippen LogP contribution < -0.4 is 0 Å². The topological polar surface area (TPSA) is 89.9 Å². The number of ether oxygens (including phenoxy) is 2. The highest BCUT2D eigenvalue weighted by Gasteiger charge is 2.26. The first-order valence-corrected chi connectivity index (χ1v) is 3.40. The number of carbonyl (C=O) groups is 3. The van der Waals surface area contributed by atoms with Crippen molar-refractivity contribution in [1.29, 1.82) is 0 Å². The van der Waals surface area contributed by atoms with E-state index in [2.05, 4.69) is 9.47 Å². The Kier molecular flexibility index (Phi) is 7.55. The molecule has 6 heteroatoms. The first kappa shape index (κ1) is 15.1. The number of hydrogen-bond acceptors (Lipinski definition) is 5. The van der Waals surface area contributed by atoms with Crippen molar-refractivity contribution >= 4 is 17.7 Å². The Morgan fingerprint density at radius 3 is 2.21 bits per heavy atom. The van der Waals surface area contributed by atoms with E-state index in [0.29, 0.717) is 0 Å². The molecule has 0 rings (SSSR count). The van der Waals surface area contributed by atoms with Gasteiger partial charge in [-0.15, -0.1) is 0 Å². The number of rotatable bonds is 5. The molecule has 0 aliphatic heterocycles. The summed E-state index contributed by atoms with van der Waals surface area (Å²) >= 11 is 0. The second-order valence-corrected chi connectivity index (χ2v) is 2.25. The molecule has 84 valence electrons. The lowest BCUT2D eigenvalue weighted by Crippen LogP contribution is -2.34. The van der Waals surface area contributed by atoms with E-state index in [1.165, 1.54) is 7.11 Å². The van der Waals surface area contributed by atoms with E-state index in [9.17, 15) is 14.4 Å². The number of ketones is 1. The highest BCUT2D eigenvalue weighted by molar-refractivity contribution is 6.01. The third-order valence-electron chi connectivity index (χ3n) is 1.11. The average Bonchev–Trinajstić information content (AvgIpc) is 1.99. The summed E-state index contributed by atoms with van der Waals surface area (Å²) in [6.45, 7) is 0.649. The Bertz CT molecular complexity index is 213. The maximum absolute atomic E-state index is 10.7. The van der Waals surface area contributed by atoms with Gasteiger partial charge in [-0.1, -0.05) is 7.43 Å². The van der Waals surface area contributed by atoms with Crippen LogP contribution in [-0.4, -0.2) is 42.6 Å². The first-order valence-electron chi connectivity index (χ1n) is 3.40. The van der Waals surface area contributed by atoms with Gasteiger partial charge < -0.3 is 14.6 Å². The van der Waals surface area contributed by atoms with Gasteiger partial charge in [0.2, 0.25) is 0 Å². The molecule has 0 saturated carbocycles. The summed E-state index contributed by atoms with van der Waals surface area (Å²) in [6.07, 6.45) is -1.73. The van der Waals surface area contributed by atoms with Crippen molar-refractivity contribution in [2.45, 2.75) is 20.5 Å². The van der Waals surface area contributed by atoms with Gasteiger partial charge in [-0.05, 0) is 6.92 Å². The van der Waals surface area contributed by atoms with Gasteiger partial charge in [0.25, 0.3) is 6.10 Å². The minimum Gasteiger partial charge on any atom is -0.478 e. The molecule has 0 aliphatic carbocycles. The summed E-state index contributed by atoms with van der Waals surface area (Å²) in [5, 5.41) is 8.42. The monoisotopic (exact) mass is 209 g/mol. The van der Waals surface area contributed by atoms with Gasteiger partial charge in [0.05, 0.1) is 0 Å². The molecule has 0 spiro atoms. The number of Topliss-reactive ketones (excluding diaryl/α,β-unsaturated/α-hetero) is 1. The fourth-order valence-electron chi connectivity index (χ4n) is 0.591. The van der Waals surface area contributed by atoms with Crippen LogP contribution in [0.3, 0.4) is 0 Å². The molecule has 0 aromatic heterocycles. The molecule has 0 aliphatic rings. The predicted molar refractivity (Wildman–Crippen MR) is 48.9 cm³/mol. The van der Waals surface area contributed by atoms with Crippen LogP contribution in [0.25, 0.3) is 0 Å². The van der Waals surface area contributed by atoms with Gasteiger partial charge in [0, 0.05) is 8.54 Å². The Labute approximate surface area is 83.3 Å². The fourth-order valence-corrected chi connectivity index (χ4v) is 0.591. The Morgan fingerprint density at radius 1 is 1.43 bits per heavy atom. The van der Waals surface area contributed by atoms with Gasteiger partial charge >= 0.3 is 11.9 Å². The molecule has 0 heterocycles. The second kappa shape index (κ2) is 7.02. The van der Waals surface area contributed by atoms with Crippen LogP contribution in [0.4, 0.5) is 0 Å². The SMILES string of the molecule is C.COCC(=O)OC(C(C)=O)C(=O)O.[2HH]. The van der Waals surface area contributed by atoms with Crippen molar-refractivity contribution in [2.75, 3.05) is 13.7 Å². The van der Waals surface area contributed by atoms with Gasteiger partial charge in [-0.3, -0.25) is 4.79 Å². The molecule has 0 radical (unpaired) electrons. The molecule has 0 aromatic carbocycles. The smallest absolute Gasteiger partial charge is 0.352 e. The summed E-state index contributed by atoms with van der Waals surface area (Å²) in [7, 11) is 1.25.